The van der Waals surface area contributed by atoms with E-state index in [1.165, 1.54) is 0 Å². The van der Waals surface area contributed by atoms with E-state index in [2.05, 4.69) is 12.2 Å². The second kappa shape index (κ2) is 3.98. The fraction of sp³-hybridized carbons (Fsp3) is 0.455. The lowest BCUT2D eigenvalue weighted by atomic mass is 10.2. The molecule has 1 saturated heterocycles. The monoisotopic (exact) mass is 193 g/mol. The van der Waals surface area contributed by atoms with Gasteiger partial charge < -0.3 is 9.47 Å². The predicted octanol–water partition coefficient (Wildman–Crippen LogP) is 1.70. The number of ether oxygens (including phenoxy) is 2. The Morgan fingerprint density at radius 3 is 3.00 bits per heavy atom. The summed E-state index contributed by atoms with van der Waals surface area (Å²) in [7, 11) is 1.67. The van der Waals surface area contributed by atoms with Crippen molar-refractivity contribution in [2.24, 2.45) is 0 Å². The van der Waals surface area contributed by atoms with Gasteiger partial charge in [0.15, 0.2) is 0 Å². The van der Waals surface area contributed by atoms with E-state index in [4.69, 9.17) is 9.47 Å². The third kappa shape index (κ3) is 1.89. The van der Waals surface area contributed by atoms with Crippen LogP contribution in [0, 0.1) is 0 Å². The third-order valence-corrected chi connectivity index (χ3v) is 2.36. The molecule has 2 rings (SSSR count). The molecule has 2 unspecified atom stereocenters. The number of benzene rings is 1. The normalized spacial score (nSPS) is 26.4. The molecule has 1 N–H and O–H groups in total. The first-order valence-electron chi connectivity index (χ1n) is 4.82. The van der Waals surface area contributed by atoms with Crippen molar-refractivity contribution < 1.29 is 9.47 Å². The van der Waals surface area contributed by atoms with Crippen LogP contribution in [-0.2, 0) is 4.74 Å². The predicted molar refractivity (Wildman–Crippen MR) is 54.3 cm³/mol. The molecule has 76 valence electrons. The minimum Gasteiger partial charge on any atom is -0.497 e. The number of rotatable bonds is 2. The molecule has 1 aliphatic rings. The smallest absolute Gasteiger partial charge is 0.134 e. The Morgan fingerprint density at radius 2 is 2.36 bits per heavy atom. The number of methoxy groups -OCH3 is 1. The van der Waals surface area contributed by atoms with Crippen LogP contribution >= 0.6 is 0 Å². The summed E-state index contributed by atoms with van der Waals surface area (Å²) in [6.45, 7) is 2.97. The van der Waals surface area contributed by atoms with Gasteiger partial charge in [0.1, 0.15) is 12.0 Å². The summed E-state index contributed by atoms with van der Waals surface area (Å²) in [5.74, 6) is 0.868. The minimum absolute atomic E-state index is 0.0140. The first-order chi connectivity index (χ1) is 6.79. The van der Waals surface area contributed by atoms with Crippen molar-refractivity contribution in [3.05, 3.63) is 29.8 Å². The van der Waals surface area contributed by atoms with Crippen LogP contribution in [0.25, 0.3) is 0 Å². The molecule has 3 nitrogen and oxygen atoms in total. The minimum atomic E-state index is 0.0140. The molecule has 0 aliphatic carbocycles. The van der Waals surface area contributed by atoms with E-state index >= 15 is 0 Å². The van der Waals surface area contributed by atoms with E-state index in [0.717, 1.165) is 17.9 Å². The number of hydrogen-bond acceptors (Lipinski definition) is 3. The molecule has 3 heteroatoms. The molecule has 2 atom stereocenters. The maximum absolute atomic E-state index is 5.68. The van der Waals surface area contributed by atoms with Crippen molar-refractivity contribution in [2.75, 3.05) is 13.7 Å². The topological polar surface area (TPSA) is 30.5 Å². The highest BCUT2D eigenvalue weighted by molar-refractivity contribution is 5.29. The average molecular weight is 193 g/mol. The van der Waals surface area contributed by atoms with Gasteiger partial charge in [-0.2, -0.15) is 0 Å². The molecular formula is C11H15NO2. The van der Waals surface area contributed by atoms with Crippen molar-refractivity contribution in [2.45, 2.75) is 19.3 Å². The Labute approximate surface area is 84.0 Å². The molecular weight excluding hydrogens is 178 g/mol. The van der Waals surface area contributed by atoms with Gasteiger partial charge in [-0.1, -0.05) is 12.1 Å². The summed E-state index contributed by atoms with van der Waals surface area (Å²) in [6, 6.07) is 7.94. The van der Waals surface area contributed by atoms with E-state index in [1.54, 1.807) is 7.11 Å². The summed E-state index contributed by atoms with van der Waals surface area (Å²) in [5, 5.41) is 3.30. The Kier molecular flexibility index (Phi) is 2.70. The molecule has 0 bridgehead atoms. The Hall–Kier alpha value is -1.06. The van der Waals surface area contributed by atoms with Gasteiger partial charge in [0, 0.05) is 6.54 Å². The summed E-state index contributed by atoms with van der Waals surface area (Å²) in [6.07, 6.45) is 0.298. The molecule has 1 aromatic carbocycles. The zero-order valence-electron chi connectivity index (χ0n) is 8.49. The van der Waals surface area contributed by atoms with Crippen LogP contribution in [0.4, 0.5) is 0 Å². The maximum atomic E-state index is 5.68. The van der Waals surface area contributed by atoms with Crippen molar-refractivity contribution in [3.8, 4) is 5.75 Å². The summed E-state index contributed by atoms with van der Waals surface area (Å²) < 4.78 is 10.8. The highest BCUT2D eigenvalue weighted by Crippen LogP contribution is 2.24. The summed E-state index contributed by atoms with van der Waals surface area (Å²) in [5.41, 5.74) is 1.12. The first-order valence-corrected chi connectivity index (χ1v) is 4.82. The van der Waals surface area contributed by atoms with Gasteiger partial charge in [-0.05, 0) is 24.6 Å². The van der Waals surface area contributed by atoms with Crippen LogP contribution in [-0.4, -0.2) is 19.8 Å². The van der Waals surface area contributed by atoms with Crippen LogP contribution in [0.5, 0.6) is 5.75 Å². The highest BCUT2D eigenvalue weighted by Gasteiger charge is 2.22. The second-order valence-corrected chi connectivity index (χ2v) is 3.51. The van der Waals surface area contributed by atoms with E-state index < -0.39 is 0 Å². The molecule has 1 fully saturated rings. The fourth-order valence-electron chi connectivity index (χ4n) is 1.60. The van der Waals surface area contributed by atoms with Crippen molar-refractivity contribution in [1.29, 1.82) is 0 Å². The van der Waals surface area contributed by atoms with Gasteiger partial charge in [-0.25, -0.2) is 0 Å². The second-order valence-electron chi connectivity index (χ2n) is 3.51. The van der Waals surface area contributed by atoms with E-state index in [9.17, 15) is 0 Å². The SMILES string of the molecule is COc1cccc(C2NCC(C)O2)c1. The zero-order valence-corrected chi connectivity index (χ0v) is 8.49. The summed E-state index contributed by atoms with van der Waals surface area (Å²) >= 11 is 0. The number of nitrogens with one attached hydrogen (secondary N) is 1. The van der Waals surface area contributed by atoms with Crippen LogP contribution in [0.3, 0.4) is 0 Å². The molecule has 0 saturated carbocycles. The van der Waals surface area contributed by atoms with Gasteiger partial charge in [0.25, 0.3) is 0 Å². The largest absolute Gasteiger partial charge is 0.497 e. The lowest BCUT2D eigenvalue weighted by Crippen LogP contribution is -2.14. The highest BCUT2D eigenvalue weighted by atomic mass is 16.5. The quantitative estimate of drug-likeness (QED) is 0.775. The standard InChI is InChI=1S/C11H15NO2/c1-8-7-12-11(14-8)9-4-3-5-10(6-9)13-2/h3-6,8,11-12H,7H2,1-2H3. The van der Waals surface area contributed by atoms with E-state index in [1.807, 2.05) is 24.3 Å². The van der Waals surface area contributed by atoms with Crippen LogP contribution in [0.15, 0.2) is 24.3 Å². The Balaban J connectivity index is 2.15. The fourth-order valence-corrected chi connectivity index (χ4v) is 1.60. The van der Waals surface area contributed by atoms with Crippen molar-refractivity contribution in [1.82, 2.24) is 5.32 Å². The Morgan fingerprint density at radius 1 is 1.50 bits per heavy atom. The molecule has 1 aliphatic heterocycles. The van der Waals surface area contributed by atoms with Gasteiger partial charge in [0.05, 0.1) is 13.2 Å². The van der Waals surface area contributed by atoms with Crippen LogP contribution in [0.1, 0.15) is 18.7 Å². The zero-order chi connectivity index (χ0) is 9.97. The molecule has 0 aromatic heterocycles. The molecule has 1 heterocycles. The average Bonchev–Trinajstić information content (AvgIpc) is 2.65. The molecule has 1 aromatic rings. The maximum Gasteiger partial charge on any atom is 0.134 e. The van der Waals surface area contributed by atoms with Crippen LogP contribution < -0.4 is 10.1 Å². The summed E-state index contributed by atoms with van der Waals surface area (Å²) in [4.78, 5) is 0. The van der Waals surface area contributed by atoms with E-state index in [-0.39, 0.29) is 12.3 Å². The third-order valence-electron chi connectivity index (χ3n) is 2.36. The van der Waals surface area contributed by atoms with Crippen molar-refractivity contribution >= 4 is 0 Å². The first kappa shape index (κ1) is 9.49. The lowest BCUT2D eigenvalue weighted by Gasteiger charge is -2.12. The molecule has 0 amide bonds. The lowest BCUT2D eigenvalue weighted by molar-refractivity contribution is 0.0509. The number of hydrogen-bond donors (Lipinski definition) is 1. The molecule has 0 spiro atoms. The van der Waals surface area contributed by atoms with Gasteiger partial charge in [-0.15, -0.1) is 0 Å². The van der Waals surface area contributed by atoms with Gasteiger partial charge >= 0.3 is 0 Å². The van der Waals surface area contributed by atoms with Crippen LogP contribution in [0.2, 0.25) is 0 Å². The Bertz CT molecular complexity index is 314. The van der Waals surface area contributed by atoms with Gasteiger partial charge in [-0.3, -0.25) is 5.32 Å². The molecule has 14 heavy (non-hydrogen) atoms. The molecule has 0 radical (unpaired) electrons. The van der Waals surface area contributed by atoms with Crippen molar-refractivity contribution in [3.63, 3.8) is 0 Å². The van der Waals surface area contributed by atoms with Gasteiger partial charge in [0.2, 0.25) is 0 Å². The van der Waals surface area contributed by atoms with E-state index in [0.29, 0.717) is 0 Å².